The smallest absolute Gasteiger partial charge is 0.276 e. The Morgan fingerprint density at radius 3 is 2.88 bits per heavy atom. The molecule has 0 fully saturated rings. The van der Waals surface area contributed by atoms with E-state index < -0.39 is 10.8 Å². The fourth-order valence-electron chi connectivity index (χ4n) is 1.15. The molecule has 0 unspecified atom stereocenters. The van der Waals surface area contributed by atoms with E-state index >= 15 is 0 Å². The summed E-state index contributed by atoms with van der Waals surface area (Å²) in [6, 6.07) is 7.83. The van der Waals surface area contributed by atoms with Crippen LogP contribution in [0.1, 0.15) is 5.56 Å². The summed E-state index contributed by atoms with van der Waals surface area (Å²) in [4.78, 5) is 21.3. The molecule has 1 amide bonds. The summed E-state index contributed by atoms with van der Waals surface area (Å²) >= 11 is 0. The molecule has 0 radical (unpaired) electrons. The quantitative estimate of drug-likeness (QED) is 0.365. The van der Waals surface area contributed by atoms with Crippen LogP contribution in [-0.4, -0.2) is 17.4 Å². The van der Waals surface area contributed by atoms with E-state index in [1.165, 1.54) is 18.2 Å². The predicted molar refractivity (Wildman–Crippen MR) is 60.8 cm³/mol. The molecule has 0 aliphatic heterocycles. The van der Waals surface area contributed by atoms with Gasteiger partial charge in [0.15, 0.2) is 0 Å². The minimum absolute atomic E-state index is 0.0724. The Hall–Kier alpha value is -2.68. The lowest BCUT2D eigenvalue weighted by Gasteiger charge is -1.96. The predicted octanol–water partition coefficient (Wildman–Crippen LogP) is 1.25. The summed E-state index contributed by atoms with van der Waals surface area (Å²) in [7, 11) is 0. The third-order valence-electron chi connectivity index (χ3n) is 1.89. The van der Waals surface area contributed by atoms with Gasteiger partial charge in [-0.2, -0.15) is 5.26 Å². The van der Waals surface area contributed by atoms with E-state index in [4.69, 9.17) is 5.26 Å². The molecule has 0 heterocycles. The minimum Gasteiger partial charge on any atom is -0.339 e. The maximum Gasteiger partial charge on any atom is 0.276 e. The molecule has 0 saturated heterocycles. The van der Waals surface area contributed by atoms with Crippen LogP contribution in [-0.2, 0) is 4.79 Å². The van der Waals surface area contributed by atoms with Crippen molar-refractivity contribution in [2.45, 2.75) is 0 Å². The highest BCUT2D eigenvalue weighted by Gasteiger charge is 2.09. The maximum atomic E-state index is 11.1. The van der Waals surface area contributed by atoms with Gasteiger partial charge in [-0.15, -0.1) is 0 Å². The lowest BCUT2D eigenvalue weighted by atomic mass is 10.1. The maximum absolute atomic E-state index is 11.1. The Morgan fingerprint density at radius 2 is 2.24 bits per heavy atom. The van der Waals surface area contributed by atoms with Crippen molar-refractivity contribution >= 4 is 17.7 Å². The molecule has 0 atom stereocenters. The molecule has 0 aliphatic carbocycles. The molecule has 1 aromatic rings. The number of benzene rings is 1. The van der Waals surface area contributed by atoms with E-state index in [0.29, 0.717) is 5.56 Å². The Kier molecular flexibility index (Phi) is 4.39. The second-order valence-corrected chi connectivity index (χ2v) is 3.03. The van der Waals surface area contributed by atoms with Gasteiger partial charge < -0.3 is 5.32 Å². The summed E-state index contributed by atoms with van der Waals surface area (Å²) in [6.45, 7) is -0.0972. The Bertz CT molecular complexity index is 503. The molecule has 1 aromatic carbocycles. The average molecular weight is 231 g/mol. The van der Waals surface area contributed by atoms with E-state index in [-0.39, 0.29) is 12.2 Å². The molecule has 0 aliphatic rings. The van der Waals surface area contributed by atoms with E-state index in [1.807, 2.05) is 0 Å². The summed E-state index contributed by atoms with van der Waals surface area (Å²) in [6.07, 6.45) is 2.49. The van der Waals surface area contributed by atoms with Gasteiger partial charge in [0.05, 0.1) is 16.6 Å². The number of carbonyl (C=O) groups excluding carboxylic acids is 1. The lowest BCUT2D eigenvalue weighted by molar-refractivity contribution is -0.385. The molecule has 1 rings (SSSR count). The van der Waals surface area contributed by atoms with Crippen LogP contribution in [0.5, 0.6) is 0 Å². The van der Waals surface area contributed by atoms with Crippen molar-refractivity contribution in [2.24, 2.45) is 0 Å². The number of nitrogens with one attached hydrogen (secondary N) is 1. The second-order valence-electron chi connectivity index (χ2n) is 3.03. The fraction of sp³-hybridized carbons (Fsp3) is 0.0909. The van der Waals surface area contributed by atoms with Crippen LogP contribution in [0.15, 0.2) is 30.3 Å². The molecule has 17 heavy (non-hydrogen) atoms. The second kappa shape index (κ2) is 6.02. The molecule has 0 saturated carbocycles. The van der Waals surface area contributed by atoms with Crippen molar-refractivity contribution < 1.29 is 9.72 Å². The number of hydrogen-bond donors (Lipinski definition) is 1. The number of amides is 1. The molecule has 1 N–H and O–H groups in total. The fourth-order valence-corrected chi connectivity index (χ4v) is 1.15. The van der Waals surface area contributed by atoms with Crippen molar-refractivity contribution in [3.05, 3.63) is 46.0 Å². The zero-order chi connectivity index (χ0) is 12.7. The van der Waals surface area contributed by atoms with E-state index in [2.05, 4.69) is 5.32 Å². The Morgan fingerprint density at radius 1 is 1.53 bits per heavy atom. The molecule has 0 spiro atoms. The van der Waals surface area contributed by atoms with Gasteiger partial charge in [0.1, 0.15) is 6.54 Å². The lowest BCUT2D eigenvalue weighted by Crippen LogP contribution is -2.20. The SMILES string of the molecule is N#CCNC(=O)/C=C/c1ccccc1[N+](=O)[O-]. The molecule has 0 aromatic heterocycles. The van der Waals surface area contributed by atoms with Crippen LogP contribution < -0.4 is 5.32 Å². The first-order valence-electron chi connectivity index (χ1n) is 4.71. The highest BCUT2D eigenvalue weighted by Crippen LogP contribution is 2.18. The normalized spacial score (nSPS) is 9.82. The van der Waals surface area contributed by atoms with Crippen LogP contribution in [0.2, 0.25) is 0 Å². The van der Waals surface area contributed by atoms with Crippen molar-refractivity contribution in [1.29, 1.82) is 5.26 Å². The number of nitrogens with zero attached hydrogens (tertiary/aromatic N) is 2. The Labute approximate surface area is 97.3 Å². The standard InChI is InChI=1S/C11H9N3O3/c12-7-8-13-11(15)6-5-9-3-1-2-4-10(9)14(16)17/h1-6H,8H2,(H,13,15)/b6-5+. The summed E-state index contributed by atoms with van der Waals surface area (Å²) < 4.78 is 0. The number of hydrogen-bond acceptors (Lipinski definition) is 4. The van der Waals surface area contributed by atoms with Gasteiger partial charge in [-0.3, -0.25) is 14.9 Å². The van der Waals surface area contributed by atoms with Gasteiger partial charge >= 0.3 is 0 Å². The zero-order valence-electron chi connectivity index (χ0n) is 8.79. The number of nitriles is 1. The van der Waals surface area contributed by atoms with Crippen LogP contribution in [0.3, 0.4) is 0 Å². The number of para-hydroxylation sites is 1. The third-order valence-corrected chi connectivity index (χ3v) is 1.89. The molecule has 6 nitrogen and oxygen atoms in total. The van der Waals surface area contributed by atoms with E-state index in [9.17, 15) is 14.9 Å². The molecular formula is C11H9N3O3. The van der Waals surface area contributed by atoms with Gasteiger partial charge in [0.2, 0.25) is 5.91 Å². The Balaban J connectivity index is 2.81. The van der Waals surface area contributed by atoms with Crippen molar-refractivity contribution in [3.63, 3.8) is 0 Å². The third kappa shape index (κ3) is 3.76. The van der Waals surface area contributed by atoms with Crippen LogP contribution in [0.25, 0.3) is 6.08 Å². The highest BCUT2D eigenvalue weighted by molar-refractivity contribution is 5.92. The van der Waals surface area contributed by atoms with Gasteiger partial charge in [-0.1, -0.05) is 12.1 Å². The van der Waals surface area contributed by atoms with Crippen LogP contribution in [0, 0.1) is 21.4 Å². The van der Waals surface area contributed by atoms with Crippen LogP contribution >= 0.6 is 0 Å². The van der Waals surface area contributed by atoms with Gasteiger partial charge in [-0.25, -0.2) is 0 Å². The van der Waals surface area contributed by atoms with Gasteiger partial charge in [-0.05, 0) is 12.1 Å². The topological polar surface area (TPSA) is 96.0 Å². The molecule has 86 valence electrons. The minimum atomic E-state index is -0.521. The number of rotatable bonds is 4. The molecule has 6 heteroatoms. The summed E-state index contributed by atoms with van der Waals surface area (Å²) in [5.41, 5.74) is 0.265. The van der Waals surface area contributed by atoms with E-state index in [1.54, 1.807) is 18.2 Å². The largest absolute Gasteiger partial charge is 0.339 e. The van der Waals surface area contributed by atoms with Gasteiger partial charge in [0.25, 0.3) is 5.69 Å². The zero-order valence-corrected chi connectivity index (χ0v) is 8.79. The first kappa shape index (κ1) is 12.4. The number of carbonyl (C=O) groups is 1. The van der Waals surface area contributed by atoms with Gasteiger partial charge in [0, 0.05) is 12.1 Å². The number of nitro benzene ring substituents is 1. The first-order chi connectivity index (χ1) is 8.15. The van der Waals surface area contributed by atoms with Crippen LogP contribution in [0.4, 0.5) is 5.69 Å². The average Bonchev–Trinajstić information content (AvgIpc) is 2.34. The van der Waals surface area contributed by atoms with Crippen molar-refractivity contribution in [1.82, 2.24) is 5.32 Å². The monoisotopic (exact) mass is 231 g/mol. The van der Waals surface area contributed by atoms with Crippen molar-refractivity contribution in [2.75, 3.05) is 6.54 Å². The van der Waals surface area contributed by atoms with E-state index in [0.717, 1.165) is 6.08 Å². The molecular weight excluding hydrogens is 222 g/mol. The number of nitro groups is 1. The summed E-state index contributed by atoms with van der Waals surface area (Å²) in [5.74, 6) is -0.468. The highest BCUT2D eigenvalue weighted by atomic mass is 16.6. The summed E-state index contributed by atoms with van der Waals surface area (Å²) in [5, 5.41) is 21.2. The van der Waals surface area contributed by atoms with Crippen molar-refractivity contribution in [3.8, 4) is 6.07 Å². The molecule has 0 bridgehead atoms. The first-order valence-corrected chi connectivity index (χ1v) is 4.71.